The van der Waals surface area contributed by atoms with Crippen LogP contribution in [-0.4, -0.2) is 34.2 Å². The molecule has 1 atom stereocenters. The maximum Gasteiger partial charge on any atom is 0.0932 e. The Bertz CT molecular complexity index is 555. The van der Waals surface area contributed by atoms with Crippen molar-refractivity contribution >= 4 is 11.3 Å². The van der Waals surface area contributed by atoms with Gasteiger partial charge in [0.05, 0.1) is 16.8 Å². The minimum atomic E-state index is -0.157. The van der Waals surface area contributed by atoms with E-state index in [9.17, 15) is 5.11 Å². The van der Waals surface area contributed by atoms with Gasteiger partial charge in [-0.15, -0.1) is 11.3 Å². The molecule has 1 N–H and O–H groups in total. The number of thiazole rings is 1. The third-order valence-electron chi connectivity index (χ3n) is 3.94. The van der Waals surface area contributed by atoms with Crippen molar-refractivity contribution in [3.8, 4) is 0 Å². The lowest BCUT2D eigenvalue weighted by Crippen LogP contribution is -2.37. The van der Waals surface area contributed by atoms with Crippen LogP contribution in [-0.2, 0) is 19.4 Å². The van der Waals surface area contributed by atoms with Gasteiger partial charge in [0.2, 0.25) is 0 Å². The Morgan fingerprint density at radius 1 is 1.24 bits per heavy atom. The zero-order valence-electron chi connectivity index (χ0n) is 12.2. The van der Waals surface area contributed by atoms with Crippen LogP contribution in [0.25, 0.3) is 0 Å². The molecule has 0 bridgehead atoms. The first-order valence-corrected chi connectivity index (χ1v) is 8.55. The predicted octanol–water partition coefficient (Wildman–Crippen LogP) is 2.89. The summed E-state index contributed by atoms with van der Waals surface area (Å²) in [6.45, 7) is 2.74. The molecule has 0 aliphatic carbocycles. The molecule has 1 fully saturated rings. The van der Waals surface area contributed by atoms with E-state index in [-0.39, 0.29) is 6.10 Å². The third kappa shape index (κ3) is 4.37. The molecule has 1 unspecified atom stereocenters. The topological polar surface area (TPSA) is 36.4 Å². The minimum absolute atomic E-state index is 0.157. The number of aryl methyl sites for hydroxylation is 2. The van der Waals surface area contributed by atoms with Crippen molar-refractivity contribution in [3.05, 3.63) is 52.0 Å². The largest absolute Gasteiger partial charge is 0.392 e. The molecule has 0 saturated carbocycles. The van der Waals surface area contributed by atoms with Gasteiger partial charge in [-0.05, 0) is 31.4 Å². The minimum Gasteiger partial charge on any atom is -0.392 e. The average molecular weight is 302 g/mol. The molecule has 0 radical (unpaired) electrons. The number of aliphatic hydroxyl groups excluding tert-OH is 1. The summed E-state index contributed by atoms with van der Waals surface area (Å²) in [4.78, 5) is 7.05. The second kappa shape index (κ2) is 7.16. The Labute approximate surface area is 130 Å². The third-order valence-corrected chi connectivity index (χ3v) is 4.89. The molecule has 1 aliphatic heterocycles. The Morgan fingerprint density at radius 2 is 2.10 bits per heavy atom. The van der Waals surface area contributed by atoms with E-state index >= 15 is 0 Å². The van der Waals surface area contributed by atoms with Crippen LogP contribution in [0.4, 0.5) is 0 Å². The highest BCUT2D eigenvalue weighted by atomic mass is 32.1. The predicted molar refractivity (Wildman–Crippen MR) is 86.5 cm³/mol. The molecule has 1 aliphatic rings. The van der Waals surface area contributed by atoms with Gasteiger partial charge in [-0.1, -0.05) is 30.3 Å². The van der Waals surface area contributed by atoms with Crippen LogP contribution in [0.5, 0.6) is 0 Å². The zero-order chi connectivity index (χ0) is 14.5. The summed E-state index contributed by atoms with van der Waals surface area (Å²) in [6.07, 6.45) is 3.94. The lowest BCUT2D eigenvalue weighted by molar-refractivity contribution is 0.0663. The number of rotatable bonds is 5. The van der Waals surface area contributed by atoms with E-state index in [1.165, 1.54) is 10.6 Å². The number of piperidine rings is 1. The van der Waals surface area contributed by atoms with Gasteiger partial charge in [0, 0.05) is 24.9 Å². The number of benzene rings is 1. The molecule has 1 aromatic carbocycles. The quantitative estimate of drug-likeness (QED) is 0.922. The Morgan fingerprint density at radius 3 is 2.90 bits per heavy atom. The molecule has 2 aromatic rings. The first kappa shape index (κ1) is 14.7. The standard InChI is InChI=1S/C17H22N2OS/c20-16-7-4-10-19(12-16)11-15-13-21-17(18-15)9-8-14-5-2-1-3-6-14/h1-3,5-6,13,16,20H,4,7-12H2. The van der Waals surface area contributed by atoms with E-state index in [4.69, 9.17) is 4.98 Å². The van der Waals surface area contributed by atoms with Crippen LogP contribution < -0.4 is 0 Å². The van der Waals surface area contributed by atoms with Crippen LogP contribution in [0.15, 0.2) is 35.7 Å². The molecule has 3 nitrogen and oxygen atoms in total. The van der Waals surface area contributed by atoms with Crippen LogP contribution in [0.3, 0.4) is 0 Å². The number of aliphatic hydroxyl groups is 1. The molecule has 21 heavy (non-hydrogen) atoms. The molecular formula is C17H22N2OS. The van der Waals surface area contributed by atoms with Crippen LogP contribution in [0.1, 0.15) is 29.1 Å². The van der Waals surface area contributed by atoms with Crippen LogP contribution in [0, 0.1) is 0 Å². The summed E-state index contributed by atoms with van der Waals surface area (Å²) < 4.78 is 0. The highest BCUT2D eigenvalue weighted by Crippen LogP contribution is 2.17. The van der Waals surface area contributed by atoms with Crippen LogP contribution in [0.2, 0.25) is 0 Å². The van der Waals surface area contributed by atoms with Crippen molar-refractivity contribution in [3.63, 3.8) is 0 Å². The van der Waals surface area contributed by atoms with Gasteiger partial charge < -0.3 is 5.11 Å². The van der Waals surface area contributed by atoms with Crippen LogP contribution >= 0.6 is 11.3 Å². The maximum atomic E-state index is 9.71. The molecule has 1 aromatic heterocycles. The van der Waals surface area contributed by atoms with Crippen molar-refractivity contribution in [1.29, 1.82) is 0 Å². The summed E-state index contributed by atoms with van der Waals surface area (Å²) in [5, 5.41) is 13.1. The number of likely N-dealkylation sites (tertiary alicyclic amines) is 1. The second-order valence-electron chi connectivity index (χ2n) is 5.75. The van der Waals surface area contributed by atoms with Gasteiger partial charge in [0.25, 0.3) is 0 Å². The first-order valence-electron chi connectivity index (χ1n) is 7.67. The van der Waals surface area contributed by atoms with Gasteiger partial charge in [-0.3, -0.25) is 4.90 Å². The summed E-state index contributed by atoms with van der Waals surface area (Å²) in [5.74, 6) is 0. The molecule has 4 heteroatoms. The monoisotopic (exact) mass is 302 g/mol. The van der Waals surface area contributed by atoms with E-state index in [2.05, 4.69) is 40.6 Å². The fourth-order valence-corrected chi connectivity index (χ4v) is 3.63. The number of hydrogen-bond donors (Lipinski definition) is 1. The Balaban J connectivity index is 1.51. The SMILES string of the molecule is OC1CCCN(Cc2csc(CCc3ccccc3)n2)C1. The Kier molecular flexibility index (Phi) is 5.01. The van der Waals surface area contributed by atoms with Gasteiger partial charge in [0.15, 0.2) is 0 Å². The molecule has 112 valence electrons. The zero-order valence-corrected chi connectivity index (χ0v) is 13.1. The van der Waals surface area contributed by atoms with Crippen molar-refractivity contribution in [2.24, 2.45) is 0 Å². The highest BCUT2D eigenvalue weighted by Gasteiger charge is 2.18. The maximum absolute atomic E-state index is 9.71. The summed E-state index contributed by atoms with van der Waals surface area (Å²) >= 11 is 1.76. The van der Waals surface area contributed by atoms with Crippen molar-refractivity contribution in [1.82, 2.24) is 9.88 Å². The van der Waals surface area contributed by atoms with Gasteiger partial charge in [-0.2, -0.15) is 0 Å². The van der Waals surface area contributed by atoms with Gasteiger partial charge in [0.1, 0.15) is 0 Å². The van der Waals surface area contributed by atoms with E-state index in [1.54, 1.807) is 11.3 Å². The fourth-order valence-electron chi connectivity index (χ4n) is 2.84. The smallest absolute Gasteiger partial charge is 0.0932 e. The summed E-state index contributed by atoms with van der Waals surface area (Å²) in [6, 6.07) is 10.6. The molecule has 2 heterocycles. The van der Waals surface area contributed by atoms with E-state index < -0.39 is 0 Å². The summed E-state index contributed by atoms with van der Waals surface area (Å²) in [5.41, 5.74) is 2.52. The van der Waals surface area contributed by atoms with Gasteiger partial charge >= 0.3 is 0 Å². The number of β-amino-alcohol motifs (C(OH)–C–C–N with tert-alkyl or cyclic N) is 1. The lowest BCUT2D eigenvalue weighted by atomic mass is 10.1. The number of aromatic nitrogens is 1. The molecule has 0 amide bonds. The van der Waals surface area contributed by atoms with E-state index in [0.29, 0.717) is 0 Å². The lowest BCUT2D eigenvalue weighted by Gasteiger charge is -2.29. The van der Waals surface area contributed by atoms with E-state index in [1.807, 2.05) is 0 Å². The van der Waals surface area contributed by atoms with Gasteiger partial charge in [-0.25, -0.2) is 4.98 Å². The Hall–Kier alpha value is -1.23. The van der Waals surface area contributed by atoms with E-state index in [0.717, 1.165) is 51.0 Å². The second-order valence-corrected chi connectivity index (χ2v) is 6.69. The average Bonchev–Trinajstić information content (AvgIpc) is 2.94. The molecule has 0 spiro atoms. The van der Waals surface area contributed by atoms with Crippen molar-refractivity contribution in [2.45, 2.75) is 38.3 Å². The van der Waals surface area contributed by atoms with Crippen molar-refractivity contribution in [2.75, 3.05) is 13.1 Å². The highest BCUT2D eigenvalue weighted by molar-refractivity contribution is 7.09. The molecule has 1 saturated heterocycles. The molecule has 3 rings (SSSR count). The number of hydrogen-bond acceptors (Lipinski definition) is 4. The van der Waals surface area contributed by atoms with Crippen molar-refractivity contribution < 1.29 is 5.11 Å². The fraction of sp³-hybridized carbons (Fsp3) is 0.471. The first-order chi connectivity index (χ1) is 10.3. The summed E-state index contributed by atoms with van der Waals surface area (Å²) in [7, 11) is 0. The normalized spacial score (nSPS) is 19.8. The molecular weight excluding hydrogens is 280 g/mol. The number of nitrogens with zero attached hydrogens (tertiary/aromatic N) is 2.